The number of hydrogen-bond donors (Lipinski definition) is 3. The van der Waals surface area contributed by atoms with Gasteiger partial charge in [0.1, 0.15) is 5.82 Å². The van der Waals surface area contributed by atoms with E-state index < -0.39 is 10.0 Å². The number of anilines is 2. The van der Waals surface area contributed by atoms with Crippen molar-refractivity contribution in [2.24, 2.45) is 5.73 Å². The van der Waals surface area contributed by atoms with Gasteiger partial charge in [-0.05, 0) is 57.9 Å². The van der Waals surface area contributed by atoms with Crippen LogP contribution in [0.15, 0.2) is 30.1 Å². The van der Waals surface area contributed by atoms with Crippen LogP contribution in [0.1, 0.15) is 47.4 Å². The van der Waals surface area contributed by atoms with Gasteiger partial charge in [0.2, 0.25) is 10.0 Å². The number of nitrogens with zero attached hydrogens (tertiary/aromatic N) is 4. The first-order valence-electron chi connectivity index (χ1n) is 12.4. The fourth-order valence-electron chi connectivity index (χ4n) is 4.93. The maximum Gasteiger partial charge on any atom is 0.256 e. The molecule has 0 aliphatic carbocycles. The molecule has 1 aromatic heterocycles. The minimum Gasteiger partial charge on any atom is -0.400 e. The van der Waals surface area contributed by atoms with Crippen molar-refractivity contribution in [2.75, 3.05) is 42.6 Å². The average molecular weight is 548 g/mol. The Kier molecular flexibility index (Phi) is 8.25. The van der Waals surface area contributed by atoms with Gasteiger partial charge in [0.05, 0.1) is 23.5 Å². The van der Waals surface area contributed by atoms with E-state index in [4.69, 9.17) is 22.3 Å². The van der Waals surface area contributed by atoms with E-state index in [1.54, 1.807) is 23.2 Å². The highest BCUT2D eigenvalue weighted by Gasteiger charge is 2.31. The molecule has 4 N–H and O–H groups in total. The highest BCUT2D eigenvalue weighted by atomic mass is 35.5. The number of benzene rings is 1. The van der Waals surface area contributed by atoms with E-state index in [-0.39, 0.29) is 23.2 Å². The smallest absolute Gasteiger partial charge is 0.256 e. The highest BCUT2D eigenvalue weighted by molar-refractivity contribution is 7.92. The van der Waals surface area contributed by atoms with E-state index in [1.807, 2.05) is 14.0 Å². The van der Waals surface area contributed by atoms with Gasteiger partial charge in [0, 0.05) is 54.2 Å². The molecule has 0 bridgehead atoms. The third-order valence-corrected chi connectivity index (χ3v) is 7.64. The quantitative estimate of drug-likeness (QED) is 0.481. The number of carbonyl (C=O) groups is 1. The van der Waals surface area contributed by atoms with Gasteiger partial charge < -0.3 is 20.9 Å². The number of aromatic nitrogens is 2. The fraction of sp³-hybridized carbons (Fsp3) is 0.480. The second-order valence-electron chi connectivity index (χ2n) is 9.67. The first-order valence-corrected chi connectivity index (χ1v) is 14.6. The van der Waals surface area contributed by atoms with Gasteiger partial charge in [-0.15, -0.1) is 0 Å². The molecule has 2 aliphatic rings. The van der Waals surface area contributed by atoms with E-state index in [9.17, 15) is 13.2 Å². The Hall–Kier alpha value is -2.89. The van der Waals surface area contributed by atoms with Crippen LogP contribution in [0.25, 0.3) is 6.08 Å². The number of rotatable bonds is 7. The number of nitrogens with one attached hydrogen (secondary N) is 2. The number of sulfonamides is 1. The molecular weight excluding hydrogens is 514 g/mol. The molecule has 200 valence electrons. The Bertz CT molecular complexity index is 1300. The largest absolute Gasteiger partial charge is 0.400 e. The van der Waals surface area contributed by atoms with Crippen molar-refractivity contribution in [3.05, 3.63) is 52.1 Å². The average Bonchev–Trinajstić information content (AvgIpc) is 3.34. The second-order valence-corrected chi connectivity index (χ2v) is 11.9. The summed E-state index contributed by atoms with van der Waals surface area (Å²) in [5.74, 6) is 1.04. The molecule has 4 rings (SSSR count). The normalized spacial score (nSPS) is 20.8. The van der Waals surface area contributed by atoms with E-state index in [1.165, 1.54) is 12.1 Å². The summed E-state index contributed by atoms with van der Waals surface area (Å²) in [7, 11) is -1.62. The number of aryl methyl sites for hydroxylation is 1. The minimum atomic E-state index is -3.59. The van der Waals surface area contributed by atoms with Crippen molar-refractivity contribution in [3.8, 4) is 0 Å². The van der Waals surface area contributed by atoms with Crippen LogP contribution in [-0.2, 0) is 10.0 Å². The van der Waals surface area contributed by atoms with Crippen molar-refractivity contribution in [1.82, 2.24) is 20.2 Å². The zero-order valence-electron chi connectivity index (χ0n) is 21.4. The van der Waals surface area contributed by atoms with Crippen LogP contribution in [0.3, 0.4) is 0 Å². The Morgan fingerprint density at radius 1 is 1.24 bits per heavy atom. The molecule has 2 atom stereocenters. The molecular formula is C25H34ClN7O3S. The SMILES string of the molecule is CN[C@H]1CCN(c2nc(/C=C(\N)[C@@H]3CCCCN3C(=O)c3cc(Cl)ccc3NS(C)(=O)=O)ncc2C)C1. The van der Waals surface area contributed by atoms with Crippen LogP contribution >= 0.6 is 11.6 Å². The summed E-state index contributed by atoms with van der Waals surface area (Å²) in [5, 5.41) is 3.66. The molecule has 12 heteroatoms. The lowest BCUT2D eigenvalue weighted by atomic mass is 9.97. The Morgan fingerprint density at radius 2 is 2.03 bits per heavy atom. The molecule has 1 aromatic carbocycles. The third kappa shape index (κ3) is 6.52. The summed E-state index contributed by atoms with van der Waals surface area (Å²) >= 11 is 6.17. The predicted octanol–water partition coefficient (Wildman–Crippen LogP) is 2.60. The molecule has 2 saturated heterocycles. The molecule has 0 saturated carbocycles. The summed E-state index contributed by atoms with van der Waals surface area (Å²) in [6.07, 6.45) is 8.02. The number of carbonyl (C=O) groups excluding carboxylic acids is 1. The monoisotopic (exact) mass is 547 g/mol. The molecule has 10 nitrogen and oxygen atoms in total. The number of halogens is 1. The summed E-state index contributed by atoms with van der Waals surface area (Å²) in [6.45, 7) is 4.27. The van der Waals surface area contributed by atoms with Crippen molar-refractivity contribution in [3.63, 3.8) is 0 Å². The molecule has 3 heterocycles. The summed E-state index contributed by atoms with van der Waals surface area (Å²) in [4.78, 5) is 26.8. The first kappa shape index (κ1) is 27.2. The molecule has 2 aromatic rings. The molecule has 1 amide bonds. The van der Waals surface area contributed by atoms with Gasteiger partial charge in [-0.2, -0.15) is 0 Å². The minimum absolute atomic E-state index is 0.180. The third-order valence-electron chi connectivity index (χ3n) is 6.81. The van der Waals surface area contributed by atoms with Gasteiger partial charge in [0.25, 0.3) is 5.91 Å². The fourth-order valence-corrected chi connectivity index (χ4v) is 5.68. The number of likely N-dealkylation sites (tertiary alicyclic amines) is 1. The van der Waals surface area contributed by atoms with Gasteiger partial charge >= 0.3 is 0 Å². The van der Waals surface area contributed by atoms with Gasteiger partial charge in [-0.1, -0.05) is 11.6 Å². The molecule has 37 heavy (non-hydrogen) atoms. The van der Waals surface area contributed by atoms with Gasteiger partial charge in [-0.3, -0.25) is 9.52 Å². The lowest BCUT2D eigenvalue weighted by Gasteiger charge is -2.36. The Labute approximate surface area is 223 Å². The van der Waals surface area contributed by atoms with Gasteiger partial charge in [-0.25, -0.2) is 18.4 Å². The summed E-state index contributed by atoms with van der Waals surface area (Å²) in [5.41, 5.74) is 8.41. The maximum absolute atomic E-state index is 13.7. The topological polar surface area (TPSA) is 134 Å². The standard InChI is InChI=1S/C25H34ClN7O3S/c1-16-14-29-23(30-24(16)32-11-9-18(15-32)28-2)13-20(27)22-6-4-5-10-33(22)25(34)19-12-17(26)7-8-21(19)31-37(3,35)36/h7-8,12-14,18,22,28,31H,4-6,9-11,15,27H2,1-3H3/b20-13-/t18-,22-/m0/s1. The van der Waals surface area contributed by atoms with Crippen molar-refractivity contribution in [2.45, 2.75) is 44.7 Å². The van der Waals surface area contributed by atoms with E-state index in [0.29, 0.717) is 35.6 Å². The van der Waals surface area contributed by atoms with Crippen LogP contribution in [0, 0.1) is 6.92 Å². The molecule has 0 radical (unpaired) electrons. The lowest BCUT2D eigenvalue weighted by molar-refractivity contribution is 0.0653. The molecule has 2 aliphatic heterocycles. The maximum atomic E-state index is 13.7. The highest BCUT2D eigenvalue weighted by Crippen LogP contribution is 2.29. The molecule has 0 spiro atoms. The van der Waals surface area contributed by atoms with Crippen molar-refractivity contribution >= 4 is 45.1 Å². The van der Waals surface area contributed by atoms with Crippen LogP contribution in [0.4, 0.5) is 11.5 Å². The predicted molar refractivity (Wildman–Crippen MR) is 147 cm³/mol. The number of likely N-dealkylation sites (N-methyl/N-ethyl adjacent to an activating group) is 1. The van der Waals surface area contributed by atoms with Crippen LogP contribution in [-0.4, -0.2) is 74.2 Å². The van der Waals surface area contributed by atoms with Crippen LogP contribution in [0.5, 0.6) is 0 Å². The first-order chi connectivity index (χ1) is 17.6. The number of amides is 1. The van der Waals surface area contributed by atoms with Crippen molar-refractivity contribution in [1.29, 1.82) is 0 Å². The zero-order chi connectivity index (χ0) is 26.7. The number of nitrogens with two attached hydrogens (primary N) is 1. The summed E-state index contributed by atoms with van der Waals surface area (Å²) in [6, 6.07) is 4.56. The molecule has 2 fully saturated rings. The van der Waals surface area contributed by atoms with Crippen molar-refractivity contribution < 1.29 is 13.2 Å². The molecule has 0 unspecified atom stereocenters. The van der Waals surface area contributed by atoms with E-state index in [2.05, 4.69) is 19.9 Å². The lowest BCUT2D eigenvalue weighted by Crippen LogP contribution is -2.46. The van der Waals surface area contributed by atoms with Gasteiger partial charge in [0.15, 0.2) is 5.82 Å². The Morgan fingerprint density at radius 3 is 2.73 bits per heavy atom. The zero-order valence-corrected chi connectivity index (χ0v) is 22.9. The van der Waals surface area contributed by atoms with E-state index in [0.717, 1.165) is 50.0 Å². The van der Waals surface area contributed by atoms with Crippen LogP contribution in [0.2, 0.25) is 5.02 Å². The van der Waals surface area contributed by atoms with E-state index >= 15 is 0 Å². The second kappa shape index (κ2) is 11.2. The number of piperidine rings is 1. The number of hydrogen-bond acceptors (Lipinski definition) is 8. The summed E-state index contributed by atoms with van der Waals surface area (Å²) < 4.78 is 26.2. The van der Waals surface area contributed by atoms with Crippen LogP contribution < -0.4 is 20.7 Å². The Balaban J connectivity index is 1.61.